The van der Waals surface area contributed by atoms with Gasteiger partial charge >= 0.3 is 0 Å². The average Bonchev–Trinajstić information content (AvgIpc) is 2.53. The maximum Gasteiger partial charge on any atom is 0.252 e. The second-order valence-electron chi connectivity index (χ2n) is 4.97. The summed E-state index contributed by atoms with van der Waals surface area (Å²) >= 11 is 7.41. The van der Waals surface area contributed by atoms with Gasteiger partial charge in [-0.2, -0.15) is 0 Å². The molecule has 0 saturated carbocycles. The standard InChI is InChI=1S/C17H17ClN2O2S/c1-11(12-6-2-4-8-14(12)18)20-17(22)13-7-3-5-9-15(13)23-10-16(19)21/h2-9,11H,10H2,1H3,(H2,19,21)(H,20,22). The second kappa shape index (κ2) is 8.04. The van der Waals surface area contributed by atoms with Crippen molar-refractivity contribution >= 4 is 35.2 Å². The van der Waals surface area contributed by atoms with Crippen molar-refractivity contribution in [3.63, 3.8) is 0 Å². The SMILES string of the molecule is CC(NC(=O)c1ccccc1SCC(N)=O)c1ccccc1Cl. The molecule has 0 radical (unpaired) electrons. The molecular weight excluding hydrogens is 332 g/mol. The molecule has 0 aromatic heterocycles. The number of primary amides is 1. The van der Waals surface area contributed by atoms with E-state index < -0.39 is 5.91 Å². The van der Waals surface area contributed by atoms with Crippen LogP contribution >= 0.6 is 23.4 Å². The van der Waals surface area contributed by atoms with Crippen molar-refractivity contribution in [1.29, 1.82) is 0 Å². The lowest BCUT2D eigenvalue weighted by Crippen LogP contribution is -2.27. The van der Waals surface area contributed by atoms with Crippen LogP contribution in [0.15, 0.2) is 53.4 Å². The number of thioether (sulfide) groups is 1. The molecule has 2 amide bonds. The summed E-state index contributed by atoms with van der Waals surface area (Å²) < 4.78 is 0. The lowest BCUT2D eigenvalue weighted by molar-refractivity contribution is -0.115. The van der Waals surface area contributed by atoms with Crippen LogP contribution in [0.1, 0.15) is 28.9 Å². The highest BCUT2D eigenvalue weighted by Crippen LogP contribution is 2.25. The molecule has 2 rings (SSSR count). The molecule has 0 aliphatic heterocycles. The molecule has 0 aliphatic carbocycles. The minimum Gasteiger partial charge on any atom is -0.369 e. The predicted octanol–water partition coefficient (Wildman–Crippen LogP) is 3.41. The highest BCUT2D eigenvalue weighted by atomic mass is 35.5. The Labute approximate surface area is 144 Å². The third-order valence-corrected chi connectivity index (χ3v) is 4.66. The molecule has 2 aromatic carbocycles. The van der Waals surface area contributed by atoms with Gasteiger partial charge in [0.05, 0.1) is 17.4 Å². The first-order valence-electron chi connectivity index (χ1n) is 7.04. The Kier molecular flexibility index (Phi) is 6.07. The molecular formula is C17H17ClN2O2S. The van der Waals surface area contributed by atoms with Gasteiger partial charge in [0.25, 0.3) is 5.91 Å². The summed E-state index contributed by atoms with van der Waals surface area (Å²) in [7, 11) is 0. The first-order valence-corrected chi connectivity index (χ1v) is 8.41. The number of carbonyl (C=O) groups is 2. The van der Waals surface area contributed by atoms with E-state index in [0.717, 1.165) is 10.5 Å². The fourth-order valence-corrected chi connectivity index (χ4v) is 3.20. The van der Waals surface area contributed by atoms with E-state index >= 15 is 0 Å². The quantitative estimate of drug-likeness (QED) is 0.786. The van der Waals surface area contributed by atoms with Crippen LogP contribution in [0.3, 0.4) is 0 Å². The van der Waals surface area contributed by atoms with Gasteiger partial charge in [0.1, 0.15) is 0 Å². The molecule has 0 aliphatic rings. The van der Waals surface area contributed by atoms with E-state index in [1.807, 2.05) is 31.2 Å². The van der Waals surface area contributed by atoms with Gasteiger partial charge in [0, 0.05) is 9.92 Å². The summed E-state index contributed by atoms with van der Waals surface area (Å²) in [5.41, 5.74) is 6.53. The Hall–Kier alpha value is -1.98. The molecule has 0 spiro atoms. The zero-order valence-electron chi connectivity index (χ0n) is 12.6. The van der Waals surface area contributed by atoms with E-state index in [2.05, 4.69) is 5.32 Å². The molecule has 4 nitrogen and oxygen atoms in total. The number of benzene rings is 2. The molecule has 120 valence electrons. The van der Waals surface area contributed by atoms with Crippen LogP contribution in [0.5, 0.6) is 0 Å². The summed E-state index contributed by atoms with van der Waals surface area (Å²) in [5, 5.41) is 3.54. The van der Waals surface area contributed by atoms with Crippen molar-refractivity contribution in [2.24, 2.45) is 5.73 Å². The van der Waals surface area contributed by atoms with Crippen LogP contribution in [0, 0.1) is 0 Å². The summed E-state index contributed by atoms with van der Waals surface area (Å²) in [5.74, 6) is -0.510. The van der Waals surface area contributed by atoms with Gasteiger partial charge in [-0.1, -0.05) is 41.9 Å². The van der Waals surface area contributed by atoms with Crippen molar-refractivity contribution in [1.82, 2.24) is 5.32 Å². The normalized spacial score (nSPS) is 11.7. The van der Waals surface area contributed by atoms with Crippen LogP contribution in [-0.4, -0.2) is 17.6 Å². The number of hydrogen-bond donors (Lipinski definition) is 2. The van der Waals surface area contributed by atoms with Crippen molar-refractivity contribution < 1.29 is 9.59 Å². The summed E-state index contributed by atoms with van der Waals surface area (Å²) in [4.78, 5) is 24.2. The molecule has 0 bridgehead atoms. The van der Waals surface area contributed by atoms with Crippen LogP contribution in [-0.2, 0) is 4.79 Å². The third-order valence-electron chi connectivity index (χ3n) is 3.22. The number of rotatable bonds is 6. The van der Waals surface area contributed by atoms with Crippen LogP contribution in [0.2, 0.25) is 5.02 Å². The Balaban J connectivity index is 2.14. The van der Waals surface area contributed by atoms with Gasteiger partial charge < -0.3 is 11.1 Å². The van der Waals surface area contributed by atoms with E-state index in [9.17, 15) is 9.59 Å². The minimum atomic E-state index is -0.422. The summed E-state index contributed by atoms with van der Waals surface area (Å²) in [6, 6.07) is 14.3. The minimum absolute atomic E-state index is 0.129. The first kappa shape index (κ1) is 17.4. The van der Waals surface area contributed by atoms with E-state index in [1.54, 1.807) is 24.3 Å². The van der Waals surface area contributed by atoms with Crippen LogP contribution < -0.4 is 11.1 Å². The zero-order valence-corrected chi connectivity index (χ0v) is 14.2. The van der Waals surface area contributed by atoms with E-state index in [4.69, 9.17) is 17.3 Å². The number of carbonyl (C=O) groups excluding carboxylic acids is 2. The summed E-state index contributed by atoms with van der Waals surface area (Å²) in [6.07, 6.45) is 0. The van der Waals surface area contributed by atoms with E-state index in [0.29, 0.717) is 10.6 Å². The van der Waals surface area contributed by atoms with Crippen molar-refractivity contribution in [2.45, 2.75) is 17.9 Å². The van der Waals surface area contributed by atoms with E-state index in [-0.39, 0.29) is 17.7 Å². The Morgan fingerprint density at radius 1 is 1.17 bits per heavy atom. The molecule has 3 N–H and O–H groups in total. The van der Waals surface area contributed by atoms with Crippen molar-refractivity contribution in [2.75, 3.05) is 5.75 Å². The fraction of sp³-hybridized carbons (Fsp3) is 0.176. The highest BCUT2D eigenvalue weighted by molar-refractivity contribution is 8.00. The maximum atomic E-state index is 12.5. The van der Waals surface area contributed by atoms with Gasteiger partial charge in [-0.05, 0) is 30.7 Å². The Bertz CT molecular complexity index is 721. The number of halogens is 1. The number of hydrogen-bond acceptors (Lipinski definition) is 3. The Morgan fingerprint density at radius 3 is 2.52 bits per heavy atom. The van der Waals surface area contributed by atoms with Gasteiger partial charge in [-0.15, -0.1) is 11.8 Å². The van der Waals surface area contributed by atoms with E-state index in [1.165, 1.54) is 11.8 Å². The van der Waals surface area contributed by atoms with Crippen molar-refractivity contribution in [3.8, 4) is 0 Å². The third kappa shape index (κ3) is 4.74. The van der Waals surface area contributed by atoms with Gasteiger partial charge in [-0.25, -0.2) is 0 Å². The van der Waals surface area contributed by atoms with Crippen LogP contribution in [0.25, 0.3) is 0 Å². The van der Waals surface area contributed by atoms with Gasteiger partial charge in [0.15, 0.2) is 0 Å². The number of nitrogens with two attached hydrogens (primary N) is 1. The molecule has 0 heterocycles. The largest absolute Gasteiger partial charge is 0.369 e. The smallest absolute Gasteiger partial charge is 0.252 e. The number of nitrogens with one attached hydrogen (secondary N) is 1. The molecule has 0 saturated heterocycles. The van der Waals surface area contributed by atoms with Gasteiger partial charge in [-0.3, -0.25) is 9.59 Å². The van der Waals surface area contributed by atoms with Crippen LogP contribution in [0.4, 0.5) is 0 Å². The molecule has 2 aromatic rings. The lowest BCUT2D eigenvalue weighted by atomic mass is 10.1. The number of amides is 2. The maximum absolute atomic E-state index is 12.5. The predicted molar refractivity (Wildman–Crippen MR) is 93.7 cm³/mol. The van der Waals surface area contributed by atoms with Crippen molar-refractivity contribution in [3.05, 3.63) is 64.7 Å². The molecule has 6 heteroatoms. The zero-order chi connectivity index (χ0) is 16.8. The Morgan fingerprint density at radius 2 is 1.83 bits per heavy atom. The first-order chi connectivity index (χ1) is 11.0. The highest BCUT2D eigenvalue weighted by Gasteiger charge is 2.16. The molecule has 1 atom stereocenters. The van der Waals surface area contributed by atoms with Gasteiger partial charge in [0.2, 0.25) is 5.91 Å². The monoisotopic (exact) mass is 348 g/mol. The fourth-order valence-electron chi connectivity index (χ4n) is 2.11. The topological polar surface area (TPSA) is 72.2 Å². The summed E-state index contributed by atoms with van der Waals surface area (Å²) in [6.45, 7) is 1.87. The lowest BCUT2D eigenvalue weighted by Gasteiger charge is -2.17. The average molecular weight is 349 g/mol. The molecule has 23 heavy (non-hydrogen) atoms. The molecule has 1 unspecified atom stereocenters. The molecule has 0 fully saturated rings. The second-order valence-corrected chi connectivity index (χ2v) is 6.39.